The van der Waals surface area contributed by atoms with Crippen molar-refractivity contribution in [2.24, 2.45) is 0 Å². The lowest BCUT2D eigenvalue weighted by atomic mass is 10.1. The first-order valence-corrected chi connectivity index (χ1v) is 8.96. The van der Waals surface area contributed by atoms with E-state index in [1.54, 1.807) is 6.07 Å². The van der Waals surface area contributed by atoms with Gasteiger partial charge in [-0.25, -0.2) is 0 Å². The quantitative estimate of drug-likeness (QED) is 0.938. The van der Waals surface area contributed by atoms with Gasteiger partial charge in [-0.15, -0.1) is 0 Å². The number of likely N-dealkylation sites (tertiary alicyclic amines) is 2. The van der Waals surface area contributed by atoms with Crippen LogP contribution in [0.25, 0.3) is 10.8 Å². The number of phenolic OH excluding ortho intramolecular Hbond substituents is 1. The van der Waals surface area contributed by atoms with E-state index in [9.17, 15) is 5.11 Å². The number of fused-ring (bicyclic) bond motifs is 1. The van der Waals surface area contributed by atoms with Crippen molar-refractivity contribution in [3.63, 3.8) is 0 Å². The fraction of sp³-hybridized carbons (Fsp3) is 0.500. The number of hydrogen-bond acceptors (Lipinski definition) is 3. The summed E-state index contributed by atoms with van der Waals surface area (Å²) in [5.74, 6) is 0.342. The number of aromatic hydroxyl groups is 1. The molecule has 2 aliphatic heterocycles. The lowest BCUT2D eigenvalue weighted by Gasteiger charge is -2.32. The van der Waals surface area contributed by atoms with Crippen LogP contribution < -0.4 is 0 Å². The summed E-state index contributed by atoms with van der Waals surface area (Å²) in [6.45, 7) is 6.08. The standard InChI is InChI=1S/C20H26N2O/c23-20-7-6-17-12-16(4-5-18(17)13-20)14-21-11-8-19(15-21)22-9-2-1-3-10-22/h4-7,12-13,19,23H,1-3,8-11,14-15H2/t19-/m1/s1. The maximum Gasteiger partial charge on any atom is 0.116 e. The van der Waals surface area contributed by atoms with Gasteiger partial charge < -0.3 is 5.11 Å². The van der Waals surface area contributed by atoms with E-state index >= 15 is 0 Å². The number of phenols is 1. The SMILES string of the molecule is Oc1ccc2cc(CN3CC[C@@H](N4CCCCC4)C3)ccc2c1. The predicted molar refractivity (Wildman–Crippen MR) is 94.7 cm³/mol. The summed E-state index contributed by atoms with van der Waals surface area (Å²) in [6, 6.07) is 13.0. The minimum Gasteiger partial charge on any atom is -0.508 e. The molecule has 2 aromatic carbocycles. The van der Waals surface area contributed by atoms with Crippen molar-refractivity contribution >= 4 is 10.8 Å². The Bertz CT molecular complexity index is 678. The topological polar surface area (TPSA) is 26.7 Å². The van der Waals surface area contributed by atoms with Gasteiger partial charge in [0.05, 0.1) is 0 Å². The minimum atomic E-state index is 0.342. The van der Waals surface area contributed by atoms with Crippen LogP contribution in [0.2, 0.25) is 0 Å². The third-order valence-corrected chi connectivity index (χ3v) is 5.45. The Balaban J connectivity index is 1.41. The molecule has 3 nitrogen and oxygen atoms in total. The van der Waals surface area contributed by atoms with Crippen molar-refractivity contribution in [3.05, 3.63) is 42.0 Å². The fourth-order valence-corrected chi connectivity index (χ4v) is 4.18. The minimum absolute atomic E-state index is 0.342. The lowest BCUT2D eigenvalue weighted by molar-refractivity contribution is 0.161. The Morgan fingerprint density at radius 1 is 0.913 bits per heavy atom. The van der Waals surface area contributed by atoms with Crippen LogP contribution in [0, 0.1) is 0 Å². The number of benzene rings is 2. The normalized spacial score (nSPS) is 23.6. The summed E-state index contributed by atoms with van der Waals surface area (Å²) in [4.78, 5) is 5.31. The zero-order chi connectivity index (χ0) is 15.6. The molecule has 2 saturated heterocycles. The first-order chi connectivity index (χ1) is 11.3. The molecule has 0 amide bonds. The summed E-state index contributed by atoms with van der Waals surface area (Å²) in [5.41, 5.74) is 1.38. The molecule has 4 rings (SSSR count). The molecule has 0 unspecified atom stereocenters. The van der Waals surface area contributed by atoms with Gasteiger partial charge in [0.15, 0.2) is 0 Å². The second kappa shape index (κ2) is 6.50. The van der Waals surface area contributed by atoms with E-state index in [-0.39, 0.29) is 0 Å². The average molecular weight is 310 g/mol. The fourth-order valence-electron chi connectivity index (χ4n) is 4.18. The van der Waals surface area contributed by atoms with E-state index in [1.165, 1.54) is 62.8 Å². The van der Waals surface area contributed by atoms with Crippen LogP contribution in [0.5, 0.6) is 5.75 Å². The Morgan fingerprint density at radius 3 is 2.57 bits per heavy atom. The van der Waals surface area contributed by atoms with Gasteiger partial charge in [-0.1, -0.05) is 24.6 Å². The number of hydrogen-bond donors (Lipinski definition) is 1. The molecular formula is C20H26N2O. The number of nitrogens with zero attached hydrogens (tertiary/aromatic N) is 2. The molecule has 0 saturated carbocycles. The van der Waals surface area contributed by atoms with Gasteiger partial charge in [-0.2, -0.15) is 0 Å². The van der Waals surface area contributed by atoms with E-state index < -0.39 is 0 Å². The van der Waals surface area contributed by atoms with E-state index in [0.29, 0.717) is 5.75 Å². The molecule has 1 N–H and O–H groups in total. The van der Waals surface area contributed by atoms with E-state index in [2.05, 4.69) is 28.0 Å². The second-order valence-electron chi connectivity index (χ2n) is 7.14. The molecule has 2 fully saturated rings. The summed E-state index contributed by atoms with van der Waals surface area (Å²) in [5, 5.41) is 11.9. The van der Waals surface area contributed by atoms with Crippen molar-refractivity contribution in [1.82, 2.24) is 9.80 Å². The molecule has 0 aliphatic carbocycles. The van der Waals surface area contributed by atoms with Crippen LogP contribution >= 0.6 is 0 Å². The highest BCUT2D eigenvalue weighted by Crippen LogP contribution is 2.24. The third-order valence-electron chi connectivity index (χ3n) is 5.45. The number of piperidine rings is 1. The predicted octanol–water partition coefficient (Wildman–Crippen LogP) is 3.61. The summed E-state index contributed by atoms with van der Waals surface area (Å²) in [7, 11) is 0. The zero-order valence-corrected chi connectivity index (χ0v) is 13.7. The molecule has 2 heterocycles. The maximum atomic E-state index is 9.57. The molecule has 3 heteroatoms. The van der Waals surface area contributed by atoms with Crippen LogP contribution in [0.3, 0.4) is 0 Å². The molecular weight excluding hydrogens is 284 g/mol. The van der Waals surface area contributed by atoms with Gasteiger partial charge in [-0.05, 0) is 66.9 Å². The van der Waals surface area contributed by atoms with Crippen molar-refractivity contribution in [3.8, 4) is 5.75 Å². The van der Waals surface area contributed by atoms with Gasteiger partial charge in [0, 0.05) is 25.7 Å². The first kappa shape index (κ1) is 15.0. The summed E-state index contributed by atoms with van der Waals surface area (Å²) >= 11 is 0. The number of rotatable bonds is 3. The van der Waals surface area contributed by atoms with Gasteiger partial charge in [0.2, 0.25) is 0 Å². The van der Waals surface area contributed by atoms with Gasteiger partial charge >= 0.3 is 0 Å². The summed E-state index contributed by atoms with van der Waals surface area (Å²) in [6.07, 6.45) is 5.50. The molecule has 0 aromatic heterocycles. The lowest BCUT2D eigenvalue weighted by Crippen LogP contribution is -2.40. The molecule has 0 radical (unpaired) electrons. The third kappa shape index (κ3) is 3.36. The average Bonchev–Trinajstić information content (AvgIpc) is 3.04. The highest BCUT2D eigenvalue weighted by Gasteiger charge is 2.28. The Hall–Kier alpha value is -1.58. The molecule has 1 atom stereocenters. The maximum absolute atomic E-state index is 9.57. The zero-order valence-electron chi connectivity index (χ0n) is 13.7. The molecule has 23 heavy (non-hydrogen) atoms. The van der Waals surface area contributed by atoms with E-state index in [4.69, 9.17) is 0 Å². The molecule has 122 valence electrons. The molecule has 0 spiro atoms. The van der Waals surface area contributed by atoms with Crippen LogP contribution in [-0.4, -0.2) is 47.1 Å². The largest absolute Gasteiger partial charge is 0.508 e. The van der Waals surface area contributed by atoms with Crippen LogP contribution in [0.1, 0.15) is 31.2 Å². The van der Waals surface area contributed by atoms with E-state index in [0.717, 1.165) is 18.0 Å². The highest BCUT2D eigenvalue weighted by atomic mass is 16.3. The Kier molecular flexibility index (Phi) is 4.23. The van der Waals surface area contributed by atoms with Gasteiger partial charge in [-0.3, -0.25) is 9.80 Å². The highest BCUT2D eigenvalue weighted by molar-refractivity contribution is 5.84. The smallest absolute Gasteiger partial charge is 0.116 e. The van der Waals surface area contributed by atoms with E-state index in [1.807, 2.05) is 12.1 Å². The molecule has 2 aromatic rings. The van der Waals surface area contributed by atoms with Crippen molar-refractivity contribution in [2.75, 3.05) is 26.2 Å². The monoisotopic (exact) mass is 310 g/mol. The van der Waals surface area contributed by atoms with Crippen molar-refractivity contribution < 1.29 is 5.11 Å². The van der Waals surface area contributed by atoms with Crippen LogP contribution in [0.4, 0.5) is 0 Å². The van der Waals surface area contributed by atoms with Crippen LogP contribution in [0.15, 0.2) is 36.4 Å². The second-order valence-corrected chi connectivity index (χ2v) is 7.14. The first-order valence-electron chi connectivity index (χ1n) is 8.96. The van der Waals surface area contributed by atoms with Crippen molar-refractivity contribution in [1.29, 1.82) is 0 Å². The Labute approximate surface area is 138 Å². The van der Waals surface area contributed by atoms with Crippen LogP contribution in [-0.2, 0) is 6.54 Å². The van der Waals surface area contributed by atoms with Gasteiger partial charge in [0.25, 0.3) is 0 Å². The van der Waals surface area contributed by atoms with Gasteiger partial charge in [0.1, 0.15) is 5.75 Å². The van der Waals surface area contributed by atoms with Crippen molar-refractivity contribution in [2.45, 2.75) is 38.3 Å². The molecule has 2 aliphatic rings. The Morgan fingerprint density at radius 2 is 1.70 bits per heavy atom. The summed E-state index contributed by atoms with van der Waals surface area (Å²) < 4.78 is 0. The molecule has 0 bridgehead atoms.